The first-order valence-corrected chi connectivity index (χ1v) is 9.86. The zero-order valence-electron chi connectivity index (χ0n) is 16.5. The number of nitrogens with two attached hydrogens (primary N) is 1. The summed E-state index contributed by atoms with van der Waals surface area (Å²) < 4.78 is 5.62. The Bertz CT molecular complexity index is 383. The molecule has 0 bridgehead atoms. The number of hydrogen-bond donors (Lipinski definition) is 2. The molecule has 26 heavy (non-hydrogen) atoms. The predicted octanol–water partition coefficient (Wildman–Crippen LogP) is 3.13. The third-order valence-electron chi connectivity index (χ3n) is 5.69. The first kappa shape index (κ1) is 25.9. The molecule has 0 aromatic heterocycles. The van der Waals surface area contributed by atoms with E-state index in [4.69, 9.17) is 10.5 Å². The number of rotatable bonds is 8. The van der Waals surface area contributed by atoms with Crippen molar-refractivity contribution in [2.75, 3.05) is 32.8 Å². The van der Waals surface area contributed by atoms with E-state index < -0.39 is 0 Å². The van der Waals surface area contributed by atoms with Gasteiger partial charge in [-0.2, -0.15) is 0 Å². The predicted molar refractivity (Wildman–Crippen MR) is 112 cm³/mol. The van der Waals surface area contributed by atoms with Crippen molar-refractivity contribution in [2.24, 2.45) is 11.1 Å². The third kappa shape index (κ3) is 8.75. The standard InChI is InChI=1S/C19H37N3O2.2ClH/c1-16(2)24-13-12-22-10-6-17(7-11-22)21-18(23)14-19(15-20)8-4-3-5-9-19;;/h16-17H,3-15,20H2,1-2H3,(H,21,23);2*1H. The molecule has 1 heterocycles. The molecule has 2 fully saturated rings. The van der Waals surface area contributed by atoms with Gasteiger partial charge in [0, 0.05) is 32.1 Å². The summed E-state index contributed by atoms with van der Waals surface area (Å²) in [5.74, 6) is 0.212. The molecule has 0 spiro atoms. The highest BCUT2D eigenvalue weighted by atomic mass is 35.5. The molecule has 3 N–H and O–H groups in total. The molecule has 2 rings (SSSR count). The van der Waals surface area contributed by atoms with Gasteiger partial charge in [0.1, 0.15) is 0 Å². The Labute approximate surface area is 172 Å². The van der Waals surface area contributed by atoms with E-state index in [2.05, 4.69) is 24.1 Å². The van der Waals surface area contributed by atoms with Crippen LogP contribution in [0.5, 0.6) is 0 Å². The third-order valence-corrected chi connectivity index (χ3v) is 5.69. The maximum atomic E-state index is 12.5. The van der Waals surface area contributed by atoms with Gasteiger partial charge in [0.25, 0.3) is 0 Å². The number of amides is 1. The van der Waals surface area contributed by atoms with Crippen LogP contribution in [0.3, 0.4) is 0 Å². The molecular formula is C19H39Cl2N3O2. The van der Waals surface area contributed by atoms with Crippen molar-refractivity contribution in [1.82, 2.24) is 10.2 Å². The van der Waals surface area contributed by atoms with E-state index >= 15 is 0 Å². The molecule has 1 saturated carbocycles. The first-order valence-electron chi connectivity index (χ1n) is 9.86. The lowest BCUT2D eigenvalue weighted by molar-refractivity contribution is -0.125. The molecule has 1 aliphatic carbocycles. The fourth-order valence-corrected chi connectivity index (χ4v) is 4.09. The van der Waals surface area contributed by atoms with Gasteiger partial charge in [0.05, 0.1) is 12.7 Å². The van der Waals surface area contributed by atoms with Crippen molar-refractivity contribution in [1.29, 1.82) is 0 Å². The molecule has 0 unspecified atom stereocenters. The van der Waals surface area contributed by atoms with E-state index in [0.717, 1.165) is 51.9 Å². The molecule has 0 atom stereocenters. The highest BCUT2D eigenvalue weighted by molar-refractivity contribution is 5.85. The van der Waals surface area contributed by atoms with Crippen molar-refractivity contribution in [3.05, 3.63) is 0 Å². The largest absolute Gasteiger partial charge is 0.377 e. The molecule has 0 radical (unpaired) electrons. The van der Waals surface area contributed by atoms with Crippen LogP contribution in [0.15, 0.2) is 0 Å². The number of nitrogens with zero attached hydrogens (tertiary/aromatic N) is 1. The zero-order chi connectivity index (χ0) is 17.4. The second-order valence-corrected chi connectivity index (χ2v) is 8.04. The summed E-state index contributed by atoms with van der Waals surface area (Å²) in [5, 5.41) is 3.27. The van der Waals surface area contributed by atoms with Crippen molar-refractivity contribution < 1.29 is 9.53 Å². The first-order chi connectivity index (χ1) is 11.5. The van der Waals surface area contributed by atoms with Gasteiger partial charge in [-0.1, -0.05) is 19.3 Å². The van der Waals surface area contributed by atoms with Gasteiger partial charge in [0.2, 0.25) is 5.91 Å². The van der Waals surface area contributed by atoms with Gasteiger partial charge in [-0.15, -0.1) is 24.8 Å². The summed E-state index contributed by atoms with van der Waals surface area (Å²) in [7, 11) is 0. The fourth-order valence-electron chi connectivity index (χ4n) is 4.09. The molecule has 2 aliphatic rings. The van der Waals surface area contributed by atoms with Crippen LogP contribution in [0.2, 0.25) is 0 Å². The Hall–Kier alpha value is -0.0700. The number of hydrogen-bond acceptors (Lipinski definition) is 4. The quantitative estimate of drug-likeness (QED) is 0.643. The van der Waals surface area contributed by atoms with Gasteiger partial charge >= 0.3 is 0 Å². The van der Waals surface area contributed by atoms with E-state index in [9.17, 15) is 4.79 Å². The van der Waals surface area contributed by atoms with Crippen LogP contribution in [0.25, 0.3) is 0 Å². The van der Waals surface area contributed by atoms with Crippen LogP contribution in [0, 0.1) is 5.41 Å². The van der Waals surface area contributed by atoms with Crippen LogP contribution in [-0.2, 0) is 9.53 Å². The molecule has 7 heteroatoms. The van der Waals surface area contributed by atoms with Crippen LogP contribution < -0.4 is 11.1 Å². The van der Waals surface area contributed by atoms with Crippen molar-refractivity contribution in [3.63, 3.8) is 0 Å². The normalized spacial score (nSPS) is 20.9. The maximum Gasteiger partial charge on any atom is 0.220 e. The van der Waals surface area contributed by atoms with Crippen molar-refractivity contribution in [3.8, 4) is 0 Å². The average Bonchev–Trinajstić information content (AvgIpc) is 2.57. The second-order valence-electron chi connectivity index (χ2n) is 8.04. The molecule has 5 nitrogen and oxygen atoms in total. The summed E-state index contributed by atoms with van der Waals surface area (Å²) in [5.41, 5.74) is 6.07. The fraction of sp³-hybridized carbons (Fsp3) is 0.947. The minimum atomic E-state index is 0. The van der Waals surface area contributed by atoms with Crippen molar-refractivity contribution >= 4 is 30.7 Å². The SMILES string of the molecule is CC(C)OCCN1CCC(NC(=O)CC2(CN)CCCCC2)CC1.Cl.Cl. The molecule has 156 valence electrons. The summed E-state index contributed by atoms with van der Waals surface area (Å²) in [6.45, 7) is 8.69. The number of carbonyl (C=O) groups is 1. The maximum absolute atomic E-state index is 12.5. The summed E-state index contributed by atoms with van der Waals surface area (Å²) in [4.78, 5) is 14.9. The molecular weight excluding hydrogens is 373 g/mol. The van der Waals surface area contributed by atoms with E-state index in [1.165, 1.54) is 19.3 Å². The lowest BCUT2D eigenvalue weighted by atomic mass is 9.71. The second kappa shape index (κ2) is 13.2. The lowest BCUT2D eigenvalue weighted by Crippen LogP contribution is -2.47. The Morgan fingerprint density at radius 3 is 2.35 bits per heavy atom. The molecule has 0 aromatic carbocycles. The number of carbonyl (C=O) groups excluding carboxylic acids is 1. The molecule has 1 saturated heterocycles. The summed E-state index contributed by atoms with van der Waals surface area (Å²) in [6.07, 6.45) is 8.98. The lowest BCUT2D eigenvalue weighted by Gasteiger charge is -2.37. The Kier molecular flexibility index (Phi) is 13.1. The van der Waals surface area contributed by atoms with Gasteiger partial charge in [-0.3, -0.25) is 4.79 Å². The van der Waals surface area contributed by atoms with Crippen LogP contribution in [0.4, 0.5) is 0 Å². The topological polar surface area (TPSA) is 67.6 Å². The van der Waals surface area contributed by atoms with E-state index in [1.807, 2.05) is 0 Å². The Morgan fingerprint density at radius 1 is 1.19 bits per heavy atom. The molecule has 1 aliphatic heterocycles. The molecule has 1 amide bonds. The number of nitrogens with one attached hydrogen (secondary N) is 1. The van der Waals surface area contributed by atoms with Gasteiger partial charge in [-0.25, -0.2) is 0 Å². The van der Waals surface area contributed by atoms with Gasteiger partial charge in [-0.05, 0) is 51.5 Å². The minimum Gasteiger partial charge on any atom is -0.377 e. The number of ether oxygens (including phenoxy) is 1. The number of halogens is 2. The van der Waals surface area contributed by atoms with Crippen LogP contribution >= 0.6 is 24.8 Å². The van der Waals surface area contributed by atoms with Crippen molar-refractivity contribution in [2.45, 2.75) is 77.4 Å². The summed E-state index contributed by atoms with van der Waals surface area (Å²) >= 11 is 0. The minimum absolute atomic E-state index is 0. The highest BCUT2D eigenvalue weighted by Gasteiger charge is 2.33. The number of piperidine rings is 1. The molecule has 0 aromatic rings. The van der Waals surface area contributed by atoms with Crippen LogP contribution in [-0.4, -0.2) is 55.7 Å². The average molecular weight is 412 g/mol. The highest BCUT2D eigenvalue weighted by Crippen LogP contribution is 2.38. The smallest absolute Gasteiger partial charge is 0.220 e. The Morgan fingerprint density at radius 2 is 1.81 bits per heavy atom. The van der Waals surface area contributed by atoms with E-state index in [1.54, 1.807) is 0 Å². The van der Waals surface area contributed by atoms with Gasteiger partial charge in [0.15, 0.2) is 0 Å². The van der Waals surface area contributed by atoms with Gasteiger partial charge < -0.3 is 20.7 Å². The monoisotopic (exact) mass is 411 g/mol. The zero-order valence-corrected chi connectivity index (χ0v) is 18.1. The van der Waals surface area contributed by atoms with E-state index in [-0.39, 0.29) is 36.1 Å². The Balaban J connectivity index is 0.00000312. The van der Waals surface area contributed by atoms with Crippen LogP contribution in [0.1, 0.15) is 65.2 Å². The van der Waals surface area contributed by atoms with E-state index in [0.29, 0.717) is 25.1 Å². The number of likely N-dealkylation sites (tertiary alicyclic amines) is 1. The summed E-state index contributed by atoms with van der Waals surface area (Å²) in [6, 6.07) is 0.332.